The monoisotopic (exact) mass is 303 g/mol. The summed E-state index contributed by atoms with van der Waals surface area (Å²) in [6, 6.07) is 6.19. The Morgan fingerprint density at radius 2 is 2.23 bits per heavy atom. The molecule has 1 amide bonds. The smallest absolute Gasteiger partial charge is 0.251 e. The first-order chi connectivity index (χ1) is 10.6. The highest BCUT2D eigenvalue weighted by Crippen LogP contribution is 2.23. The fourth-order valence-corrected chi connectivity index (χ4v) is 2.65. The highest BCUT2D eigenvalue weighted by atomic mass is 19.1. The second-order valence-corrected chi connectivity index (χ2v) is 5.47. The lowest BCUT2D eigenvalue weighted by molar-refractivity contribution is -0.140. The summed E-state index contributed by atoms with van der Waals surface area (Å²) in [4.78, 5) is 13.9. The lowest BCUT2D eigenvalue weighted by Gasteiger charge is -2.20. The summed E-state index contributed by atoms with van der Waals surface area (Å²) in [5.74, 6) is -0.292. The second-order valence-electron chi connectivity index (χ2n) is 5.47. The molecule has 3 rings (SSSR count). The molecule has 1 aromatic heterocycles. The van der Waals surface area contributed by atoms with Crippen LogP contribution in [0.4, 0.5) is 4.39 Å². The molecule has 5 nitrogen and oxygen atoms in total. The SMILES string of the molecule is CN(Cc1cn[nH]c1-c1ccc(F)cc1)C(=O)[C@H]1CCCO1. The third kappa shape index (κ3) is 3.01. The van der Waals surface area contributed by atoms with Crippen molar-refractivity contribution >= 4 is 5.91 Å². The summed E-state index contributed by atoms with van der Waals surface area (Å²) < 4.78 is 18.5. The van der Waals surface area contributed by atoms with Gasteiger partial charge in [0.15, 0.2) is 0 Å². The maximum atomic E-state index is 13.0. The first-order valence-corrected chi connectivity index (χ1v) is 7.30. The van der Waals surface area contributed by atoms with Crippen LogP contribution in [0.5, 0.6) is 0 Å². The molecule has 1 atom stereocenters. The van der Waals surface area contributed by atoms with E-state index in [1.165, 1.54) is 12.1 Å². The Balaban J connectivity index is 1.74. The van der Waals surface area contributed by atoms with Crippen molar-refractivity contribution in [3.05, 3.63) is 41.8 Å². The van der Waals surface area contributed by atoms with E-state index in [0.717, 1.165) is 29.7 Å². The first-order valence-electron chi connectivity index (χ1n) is 7.30. The van der Waals surface area contributed by atoms with Gasteiger partial charge >= 0.3 is 0 Å². The van der Waals surface area contributed by atoms with Crippen LogP contribution in [0, 0.1) is 5.82 Å². The minimum Gasteiger partial charge on any atom is -0.368 e. The summed E-state index contributed by atoms with van der Waals surface area (Å²) in [6.07, 6.45) is 3.07. The Morgan fingerprint density at radius 3 is 2.91 bits per heavy atom. The fourth-order valence-electron chi connectivity index (χ4n) is 2.65. The zero-order valence-electron chi connectivity index (χ0n) is 12.4. The Labute approximate surface area is 128 Å². The van der Waals surface area contributed by atoms with Crippen LogP contribution in [0.2, 0.25) is 0 Å². The van der Waals surface area contributed by atoms with E-state index in [9.17, 15) is 9.18 Å². The van der Waals surface area contributed by atoms with Crippen molar-refractivity contribution < 1.29 is 13.9 Å². The summed E-state index contributed by atoms with van der Waals surface area (Å²) >= 11 is 0. The van der Waals surface area contributed by atoms with E-state index >= 15 is 0 Å². The highest BCUT2D eigenvalue weighted by Gasteiger charge is 2.27. The van der Waals surface area contributed by atoms with Crippen molar-refractivity contribution in [3.63, 3.8) is 0 Å². The van der Waals surface area contributed by atoms with Crippen molar-refractivity contribution in [2.75, 3.05) is 13.7 Å². The van der Waals surface area contributed by atoms with Crippen molar-refractivity contribution in [3.8, 4) is 11.3 Å². The minimum absolute atomic E-state index is 0.0104. The minimum atomic E-state index is -0.328. The summed E-state index contributed by atoms with van der Waals surface area (Å²) in [5.41, 5.74) is 2.53. The van der Waals surface area contributed by atoms with Gasteiger partial charge in [0.05, 0.1) is 11.9 Å². The molecule has 1 aromatic carbocycles. The van der Waals surface area contributed by atoms with Gasteiger partial charge in [-0.1, -0.05) is 0 Å². The largest absolute Gasteiger partial charge is 0.368 e. The molecule has 1 aliphatic heterocycles. The number of carbonyl (C=O) groups excluding carboxylic acids is 1. The number of nitrogens with zero attached hydrogens (tertiary/aromatic N) is 2. The lowest BCUT2D eigenvalue weighted by atomic mass is 10.1. The van der Waals surface area contributed by atoms with Crippen LogP contribution in [0.15, 0.2) is 30.5 Å². The third-order valence-corrected chi connectivity index (χ3v) is 3.84. The van der Waals surface area contributed by atoms with Crippen LogP contribution in [-0.4, -0.2) is 40.8 Å². The average Bonchev–Trinajstić information content (AvgIpc) is 3.18. The molecule has 2 heterocycles. The Kier molecular flexibility index (Phi) is 4.20. The van der Waals surface area contributed by atoms with E-state index in [1.54, 1.807) is 30.3 Å². The molecule has 0 radical (unpaired) electrons. The number of benzene rings is 1. The molecule has 0 spiro atoms. The van der Waals surface area contributed by atoms with Gasteiger partial charge < -0.3 is 9.64 Å². The number of hydrogen-bond acceptors (Lipinski definition) is 3. The first kappa shape index (κ1) is 14.7. The zero-order chi connectivity index (χ0) is 15.5. The number of hydrogen-bond donors (Lipinski definition) is 1. The van der Waals surface area contributed by atoms with E-state index in [4.69, 9.17) is 4.74 Å². The number of H-pyrrole nitrogens is 1. The number of nitrogens with one attached hydrogen (secondary N) is 1. The van der Waals surface area contributed by atoms with E-state index in [1.807, 2.05) is 0 Å². The number of halogens is 1. The van der Waals surface area contributed by atoms with Crippen LogP contribution in [0.25, 0.3) is 11.3 Å². The van der Waals surface area contributed by atoms with E-state index < -0.39 is 0 Å². The summed E-state index contributed by atoms with van der Waals surface area (Å²) in [5, 5.41) is 6.96. The van der Waals surface area contributed by atoms with E-state index in [2.05, 4.69) is 10.2 Å². The van der Waals surface area contributed by atoms with Crippen molar-refractivity contribution in [1.29, 1.82) is 0 Å². The molecule has 0 saturated carbocycles. The molecule has 6 heteroatoms. The van der Waals surface area contributed by atoms with Crippen LogP contribution in [0.3, 0.4) is 0 Å². The number of carbonyl (C=O) groups is 1. The summed E-state index contributed by atoms with van der Waals surface area (Å²) in [6.45, 7) is 1.08. The van der Waals surface area contributed by atoms with Crippen LogP contribution in [-0.2, 0) is 16.1 Å². The van der Waals surface area contributed by atoms with Crippen molar-refractivity contribution in [2.45, 2.75) is 25.5 Å². The molecule has 2 aromatic rings. The Bertz CT molecular complexity index is 648. The van der Waals surface area contributed by atoms with Gasteiger partial charge in [-0.3, -0.25) is 9.89 Å². The van der Waals surface area contributed by atoms with Gasteiger partial charge in [0, 0.05) is 31.3 Å². The molecular weight excluding hydrogens is 285 g/mol. The quantitative estimate of drug-likeness (QED) is 0.943. The van der Waals surface area contributed by atoms with Gasteiger partial charge in [0.2, 0.25) is 0 Å². The number of rotatable bonds is 4. The molecule has 0 aliphatic carbocycles. The maximum Gasteiger partial charge on any atom is 0.251 e. The normalized spacial score (nSPS) is 17.6. The van der Waals surface area contributed by atoms with Gasteiger partial charge in [-0.15, -0.1) is 0 Å². The van der Waals surface area contributed by atoms with Crippen LogP contribution < -0.4 is 0 Å². The van der Waals surface area contributed by atoms with Crippen LogP contribution in [0.1, 0.15) is 18.4 Å². The van der Waals surface area contributed by atoms with Gasteiger partial charge in [0.25, 0.3) is 5.91 Å². The topological polar surface area (TPSA) is 58.2 Å². The molecule has 1 saturated heterocycles. The van der Waals surface area contributed by atoms with Crippen LogP contribution >= 0.6 is 0 Å². The lowest BCUT2D eigenvalue weighted by Crippen LogP contribution is -2.35. The van der Waals surface area contributed by atoms with Gasteiger partial charge in [-0.2, -0.15) is 5.10 Å². The van der Waals surface area contributed by atoms with Gasteiger partial charge in [-0.05, 0) is 37.1 Å². The van der Waals surface area contributed by atoms with E-state index in [0.29, 0.717) is 13.2 Å². The molecule has 1 aliphatic rings. The predicted octanol–water partition coefficient (Wildman–Crippen LogP) is 2.35. The standard InChI is InChI=1S/C16H18FN3O2/c1-20(16(21)14-3-2-8-22-14)10-12-9-18-19-15(12)11-4-6-13(17)7-5-11/h4-7,9,14H,2-3,8,10H2,1H3,(H,18,19)/t14-/m1/s1. The van der Waals surface area contributed by atoms with E-state index in [-0.39, 0.29) is 17.8 Å². The second kappa shape index (κ2) is 6.27. The number of aromatic nitrogens is 2. The predicted molar refractivity (Wildman–Crippen MR) is 79.4 cm³/mol. The van der Waals surface area contributed by atoms with Gasteiger partial charge in [-0.25, -0.2) is 4.39 Å². The molecule has 1 fully saturated rings. The number of amides is 1. The Morgan fingerprint density at radius 1 is 1.45 bits per heavy atom. The molecule has 1 N–H and O–H groups in total. The van der Waals surface area contributed by atoms with Gasteiger partial charge in [0.1, 0.15) is 11.9 Å². The highest BCUT2D eigenvalue weighted by molar-refractivity contribution is 5.81. The zero-order valence-corrected chi connectivity index (χ0v) is 12.4. The number of ether oxygens (including phenoxy) is 1. The van der Waals surface area contributed by atoms with Crippen molar-refractivity contribution in [2.24, 2.45) is 0 Å². The molecule has 0 unspecified atom stereocenters. The molecule has 0 bridgehead atoms. The maximum absolute atomic E-state index is 13.0. The molecule has 116 valence electrons. The molecular formula is C16H18FN3O2. The summed E-state index contributed by atoms with van der Waals surface area (Å²) in [7, 11) is 1.76. The fraction of sp³-hybridized carbons (Fsp3) is 0.375. The number of aromatic amines is 1. The molecule has 22 heavy (non-hydrogen) atoms. The Hall–Kier alpha value is -2.21. The van der Waals surface area contributed by atoms with Crippen molar-refractivity contribution in [1.82, 2.24) is 15.1 Å². The average molecular weight is 303 g/mol. The number of likely N-dealkylation sites (N-methyl/N-ethyl adjacent to an activating group) is 1. The third-order valence-electron chi connectivity index (χ3n) is 3.84.